The van der Waals surface area contributed by atoms with Crippen molar-refractivity contribution in [1.29, 1.82) is 0 Å². The number of carboxylic acid groups (broad SMARTS) is 1. The van der Waals surface area contributed by atoms with Crippen LogP contribution >= 0.6 is 0 Å². The first-order valence-electron chi connectivity index (χ1n) is 41.8. The van der Waals surface area contributed by atoms with Crippen LogP contribution in [-0.4, -0.2) is 180 Å². The van der Waals surface area contributed by atoms with Gasteiger partial charge in [-0.25, -0.2) is 38.4 Å². The largest absolute Gasteiger partial charge is 0.508 e. The number of unbranched alkanes of at least 4 members (excludes halogenated alkanes) is 3. The van der Waals surface area contributed by atoms with E-state index in [1.54, 1.807) is 113 Å². The van der Waals surface area contributed by atoms with E-state index in [0.29, 0.717) is 47.9 Å². The van der Waals surface area contributed by atoms with Gasteiger partial charge in [-0.3, -0.25) is 28.8 Å². The number of nitrogens with two attached hydrogens (primary N) is 4. The van der Waals surface area contributed by atoms with Gasteiger partial charge in [0.15, 0.2) is 0 Å². The Morgan fingerprint density at radius 3 is 0.828 bits per heavy atom. The van der Waals surface area contributed by atoms with E-state index in [1.807, 2.05) is 87.5 Å². The van der Waals surface area contributed by atoms with Crippen molar-refractivity contribution in [3.63, 3.8) is 0 Å². The summed E-state index contributed by atoms with van der Waals surface area (Å²) >= 11 is 0. The summed E-state index contributed by atoms with van der Waals surface area (Å²) in [6.45, 7) is 12.7. The lowest BCUT2D eigenvalue weighted by molar-refractivity contribution is -0.167. The number of aliphatic carboxylic acids is 1. The lowest BCUT2D eigenvalue weighted by Crippen LogP contribution is -2.53. The number of amides is 9. The van der Waals surface area contributed by atoms with Gasteiger partial charge in [0.1, 0.15) is 79.1 Å². The number of benzene rings is 7. The molecule has 0 saturated carbocycles. The summed E-state index contributed by atoms with van der Waals surface area (Å²) in [5.41, 5.74) is 27.3. The van der Waals surface area contributed by atoms with E-state index in [1.165, 1.54) is 36.4 Å². The number of carboxylic acids is 1. The Morgan fingerprint density at radius 1 is 0.305 bits per heavy atom. The van der Waals surface area contributed by atoms with Crippen LogP contribution in [0.15, 0.2) is 188 Å². The number of phenolic OH excluding ortho intramolecular Hbond substituents is 2. The zero-order chi connectivity index (χ0) is 94.3. The van der Waals surface area contributed by atoms with Crippen LogP contribution in [0.4, 0.5) is 14.4 Å². The smallest absolute Gasteiger partial charge is 0.408 e. The lowest BCUT2D eigenvalue weighted by atomic mass is 10.0. The average molecular weight is 1780 g/mol. The van der Waals surface area contributed by atoms with Crippen molar-refractivity contribution in [2.24, 2.45) is 22.9 Å². The van der Waals surface area contributed by atoms with Crippen LogP contribution in [-0.2, 0) is 131 Å². The monoisotopic (exact) mass is 1780 g/mol. The molecule has 7 aromatic carbocycles. The van der Waals surface area contributed by atoms with Gasteiger partial charge in [0, 0.05) is 19.3 Å². The molecular weight excluding hydrogens is 1660 g/mol. The first kappa shape index (κ1) is 106. The van der Waals surface area contributed by atoms with Crippen molar-refractivity contribution in [2.75, 3.05) is 26.4 Å². The molecular formula is C92H118N10O26. The highest BCUT2D eigenvalue weighted by molar-refractivity contribution is 5.99. The molecule has 0 saturated heterocycles. The van der Waals surface area contributed by atoms with Gasteiger partial charge < -0.3 is 113 Å². The van der Waals surface area contributed by atoms with Crippen molar-refractivity contribution in [2.45, 2.75) is 206 Å². The molecule has 0 heterocycles. The molecule has 692 valence electrons. The van der Waals surface area contributed by atoms with Crippen molar-refractivity contribution < 1.29 is 125 Å². The van der Waals surface area contributed by atoms with E-state index in [4.69, 9.17) is 65.6 Å². The zero-order valence-electron chi connectivity index (χ0n) is 72.8. The summed E-state index contributed by atoms with van der Waals surface area (Å²) in [5.74, 6) is -7.56. The first-order chi connectivity index (χ1) is 61.3. The second kappa shape index (κ2) is 59.5. The van der Waals surface area contributed by atoms with Crippen molar-refractivity contribution in [1.82, 2.24) is 31.9 Å². The van der Waals surface area contributed by atoms with E-state index in [9.17, 15) is 82.4 Å². The standard InChI is InChI=1S/C30H39N3O9.C23H29N3O5.C22H33N3O7.C17H17NO5/c1-4-7-13-23(26(31)34)32-27(35)24(33-30(38)41-19-21-11-9-8-10-12-21)18-20-14-16-22(17-15-20)42-25(28(36)39-5-2)29(37)40-6-3;1-2-3-9-19(21(24)28)25-22(29)20(14-16-10-12-18(27)13-11-16)26-23(30)31-15-17-7-5-4-6-8-17;1-4-7-8-17(19(24)26)25-20(27)16(23)13-14-9-11-15(12-10-14)32-18(21(28)30-5-2)22(29)31-6-3;19-14-8-6-12(7-9-14)10-15(16(20)21)18-17(22)23-11-13-4-2-1-3-5-13/h8-12,14-17,23-25H,4-7,13,18-19H2,1-3H3,(H2,31,34)(H,32,35)(H,33,38);4-8,10-13,19-20,27H,2-3,9,14-15H2,1H3,(H2,24,28)(H,25,29)(H,26,30);9-12,16-18H,4-8,13,23H2,1-3H3,(H2,24,26)(H,25,27);1-9,15,19H,10-11H2,(H,18,22)(H,20,21)/t23-,24-;19-,20-;16-,17-;15-/m0000/s1. The molecule has 17 N–H and O–H groups in total. The molecule has 0 aliphatic rings. The average Bonchev–Trinajstić information content (AvgIpc) is 0.860. The summed E-state index contributed by atoms with van der Waals surface area (Å²) in [6, 6.07) is 45.7. The summed E-state index contributed by atoms with van der Waals surface area (Å²) in [5, 5.41) is 43.2. The number of hydrogen-bond acceptors (Lipinski definition) is 26. The molecule has 7 atom stereocenters. The third-order valence-corrected chi connectivity index (χ3v) is 18.3. The minimum atomic E-state index is -1.61. The maximum atomic E-state index is 13.2. The Kier molecular flexibility index (Phi) is 49.3. The van der Waals surface area contributed by atoms with Gasteiger partial charge in [0.2, 0.25) is 35.4 Å². The second-order valence-corrected chi connectivity index (χ2v) is 28.5. The van der Waals surface area contributed by atoms with E-state index in [2.05, 4.69) is 31.9 Å². The van der Waals surface area contributed by atoms with Crippen molar-refractivity contribution in [3.05, 3.63) is 227 Å². The third kappa shape index (κ3) is 41.9. The molecule has 7 aromatic rings. The van der Waals surface area contributed by atoms with Gasteiger partial charge in [-0.05, 0) is 141 Å². The van der Waals surface area contributed by atoms with Crippen molar-refractivity contribution >= 4 is 83.6 Å². The molecule has 36 heteroatoms. The van der Waals surface area contributed by atoms with Crippen LogP contribution in [0.2, 0.25) is 0 Å². The fourth-order valence-corrected chi connectivity index (χ4v) is 11.5. The predicted octanol–water partition coefficient (Wildman–Crippen LogP) is 7.85. The molecule has 0 aliphatic carbocycles. The van der Waals surface area contributed by atoms with Crippen LogP contribution in [0.5, 0.6) is 23.0 Å². The van der Waals surface area contributed by atoms with Gasteiger partial charge in [-0.2, -0.15) is 0 Å². The Balaban J connectivity index is 0.000000365. The Labute approximate surface area is 742 Å². The number of nitrogens with one attached hydrogen (secondary N) is 6. The van der Waals surface area contributed by atoms with Gasteiger partial charge >= 0.3 is 48.1 Å². The topological polar surface area (TPSA) is 559 Å². The van der Waals surface area contributed by atoms with E-state index in [-0.39, 0.29) is 94.9 Å². The summed E-state index contributed by atoms with van der Waals surface area (Å²) in [4.78, 5) is 170. The maximum Gasteiger partial charge on any atom is 0.408 e. The molecule has 36 nitrogen and oxygen atoms in total. The number of ether oxygens (including phenoxy) is 9. The van der Waals surface area contributed by atoms with Crippen LogP contribution in [0.1, 0.15) is 145 Å². The third-order valence-electron chi connectivity index (χ3n) is 18.3. The fraction of sp³-hybridized carbons (Fsp3) is 0.391. The molecule has 0 bridgehead atoms. The number of aromatic hydroxyl groups is 2. The molecule has 7 rings (SSSR count). The molecule has 0 spiro atoms. The van der Waals surface area contributed by atoms with E-state index < -0.39 is 138 Å². The Hall–Kier alpha value is -14.3. The molecule has 0 unspecified atom stereocenters. The number of carbonyl (C=O) groups excluding carboxylic acids is 13. The highest BCUT2D eigenvalue weighted by atomic mass is 16.6. The second-order valence-electron chi connectivity index (χ2n) is 28.5. The number of alkyl carbamates (subject to hydrolysis) is 3. The van der Waals surface area contributed by atoms with Crippen molar-refractivity contribution in [3.8, 4) is 23.0 Å². The number of phenols is 2. The van der Waals surface area contributed by atoms with E-state index in [0.717, 1.165) is 48.8 Å². The first-order valence-corrected chi connectivity index (χ1v) is 41.8. The minimum absolute atomic E-state index is 0.00441. The van der Waals surface area contributed by atoms with Crippen LogP contribution in [0.25, 0.3) is 0 Å². The van der Waals surface area contributed by atoms with Gasteiger partial charge in [-0.1, -0.05) is 199 Å². The van der Waals surface area contributed by atoms with Crippen LogP contribution < -0.4 is 64.3 Å². The minimum Gasteiger partial charge on any atom is -0.508 e. The number of primary amides is 3. The Morgan fingerprint density at radius 2 is 0.562 bits per heavy atom. The van der Waals surface area contributed by atoms with Crippen LogP contribution in [0, 0.1) is 0 Å². The molecule has 0 fully saturated rings. The van der Waals surface area contributed by atoms with E-state index >= 15 is 0 Å². The number of carbonyl (C=O) groups is 14. The predicted molar refractivity (Wildman–Crippen MR) is 467 cm³/mol. The highest BCUT2D eigenvalue weighted by Gasteiger charge is 2.35. The summed E-state index contributed by atoms with van der Waals surface area (Å²) < 4.78 is 46.0. The molecule has 128 heavy (non-hydrogen) atoms. The maximum absolute atomic E-state index is 13.2. The van der Waals surface area contributed by atoms with Gasteiger partial charge in [-0.15, -0.1) is 0 Å². The van der Waals surface area contributed by atoms with Gasteiger partial charge in [0.05, 0.1) is 32.5 Å². The number of hydrogen-bond donors (Lipinski definition) is 13. The Bertz CT molecular complexity index is 4560. The number of rotatable bonds is 48. The normalized spacial score (nSPS) is 12.1. The van der Waals surface area contributed by atoms with Crippen LogP contribution in [0.3, 0.4) is 0 Å². The lowest BCUT2D eigenvalue weighted by Gasteiger charge is -2.22. The SMILES string of the molecule is CCCC[C@H](NC(=O)[C@@H](N)Cc1ccc(OC(C(=O)OCC)C(=O)OCC)cc1)C(N)=O.CCCC[C@H](NC(=O)[C@H](Cc1ccc(O)cc1)NC(=O)OCc1ccccc1)C(N)=O.CCCC[C@H](NC(=O)[C@H](Cc1ccc(OC(C(=O)OCC)C(=O)OCC)cc1)NC(=O)OCc1ccccc1)C(N)=O.O=C(N[C@@H](Cc1ccc(O)cc1)C(=O)O)OCc1ccccc1. The highest BCUT2D eigenvalue weighted by Crippen LogP contribution is 2.21. The fourth-order valence-electron chi connectivity index (χ4n) is 11.5. The number of esters is 4. The molecule has 0 radical (unpaired) electrons. The molecule has 0 aromatic heterocycles. The zero-order valence-corrected chi connectivity index (χ0v) is 72.8. The van der Waals surface area contributed by atoms with Gasteiger partial charge in [0.25, 0.3) is 12.2 Å². The molecule has 0 aliphatic heterocycles. The molecule has 9 amide bonds. The quantitative estimate of drug-likeness (QED) is 0.00980. The summed E-state index contributed by atoms with van der Waals surface area (Å²) in [7, 11) is 0. The summed E-state index contributed by atoms with van der Waals surface area (Å²) in [6.07, 6.45) is 0.836.